The van der Waals surface area contributed by atoms with Crippen LogP contribution in [0.2, 0.25) is 0 Å². The number of hydrogen-bond acceptors (Lipinski definition) is 3. The van der Waals surface area contributed by atoms with Crippen LogP contribution in [0, 0.1) is 6.92 Å². The number of aromatic nitrogens is 3. The summed E-state index contributed by atoms with van der Waals surface area (Å²) >= 11 is 0. The lowest BCUT2D eigenvalue weighted by Crippen LogP contribution is -2.06. The third-order valence-corrected chi connectivity index (χ3v) is 2.98. The van der Waals surface area contributed by atoms with E-state index in [2.05, 4.69) is 23.9 Å². The highest BCUT2D eigenvalue weighted by Crippen LogP contribution is 2.24. The quantitative estimate of drug-likeness (QED) is 0.811. The first-order chi connectivity index (χ1) is 8.54. The number of Topliss-reactive ketones (excluding diaryl/α,β-unsaturated/α-hetero) is 1. The fourth-order valence-corrected chi connectivity index (χ4v) is 1.90. The number of ketones is 1. The summed E-state index contributed by atoms with van der Waals surface area (Å²) in [4.78, 5) is 14.4. The summed E-state index contributed by atoms with van der Waals surface area (Å²) in [5.41, 5.74) is 3.00. The average Bonchev–Trinajstić information content (AvgIpc) is 2.94. The molecule has 0 amide bonds. The molecule has 0 aromatic carbocycles. The molecule has 2 heterocycles. The van der Waals surface area contributed by atoms with Gasteiger partial charge in [-0.05, 0) is 32.4 Å². The number of carbonyl (C=O) groups excluding carboxylic acids is 1. The predicted molar refractivity (Wildman–Crippen MR) is 68.6 cm³/mol. The standard InChI is InChI=1S/C13H17N3O2/c1-8(2)16-5-4-11(15-16)10-6-14-13(9(10)3)12(18)7-17/h4-6,8,14,17H,7H2,1-3H3. The Bertz CT molecular complexity index is 567. The molecule has 0 saturated heterocycles. The Hall–Kier alpha value is -1.88. The van der Waals surface area contributed by atoms with Gasteiger partial charge in [-0.3, -0.25) is 9.48 Å². The van der Waals surface area contributed by atoms with Crippen molar-refractivity contribution in [3.63, 3.8) is 0 Å². The molecule has 0 aliphatic carbocycles. The van der Waals surface area contributed by atoms with E-state index in [-0.39, 0.29) is 5.78 Å². The number of hydrogen-bond donors (Lipinski definition) is 2. The van der Waals surface area contributed by atoms with Crippen molar-refractivity contribution in [1.29, 1.82) is 0 Å². The van der Waals surface area contributed by atoms with E-state index in [4.69, 9.17) is 5.11 Å². The minimum absolute atomic E-state index is 0.302. The highest BCUT2D eigenvalue weighted by molar-refractivity contribution is 5.98. The van der Waals surface area contributed by atoms with Crippen LogP contribution in [0.5, 0.6) is 0 Å². The molecule has 5 heteroatoms. The van der Waals surface area contributed by atoms with Crippen LogP contribution in [0.3, 0.4) is 0 Å². The molecule has 2 aromatic heterocycles. The van der Waals surface area contributed by atoms with Gasteiger partial charge in [-0.1, -0.05) is 0 Å². The van der Waals surface area contributed by atoms with Gasteiger partial charge in [-0.2, -0.15) is 5.10 Å². The van der Waals surface area contributed by atoms with Gasteiger partial charge in [0, 0.05) is 24.0 Å². The van der Waals surface area contributed by atoms with Gasteiger partial charge in [0.05, 0.1) is 11.4 Å². The first-order valence-electron chi connectivity index (χ1n) is 5.92. The molecule has 5 nitrogen and oxygen atoms in total. The van der Waals surface area contributed by atoms with Crippen molar-refractivity contribution in [3.05, 3.63) is 29.7 Å². The fourth-order valence-electron chi connectivity index (χ4n) is 1.90. The van der Waals surface area contributed by atoms with Gasteiger partial charge in [0.15, 0.2) is 0 Å². The molecule has 18 heavy (non-hydrogen) atoms. The van der Waals surface area contributed by atoms with Crippen LogP contribution in [0.25, 0.3) is 11.3 Å². The summed E-state index contributed by atoms with van der Waals surface area (Å²) in [5, 5.41) is 13.3. The minimum Gasteiger partial charge on any atom is -0.388 e. The van der Waals surface area contributed by atoms with Crippen molar-refractivity contribution in [3.8, 4) is 11.3 Å². The van der Waals surface area contributed by atoms with Crippen molar-refractivity contribution in [2.24, 2.45) is 0 Å². The largest absolute Gasteiger partial charge is 0.388 e. The zero-order valence-electron chi connectivity index (χ0n) is 10.8. The number of rotatable bonds is 4. The second kappa shape index (κ2) is 4.78. The Morgan fingerprint density at radius 2 is 2.28 bits per heavy atom. The summed E-state index contributed by atoms with van der Waals surface area (Å²) in [5.74, 6) is -0.304. The average molecular weight is 247 g/mol. The molecular weight excluding hydrogens is 230 g/mol. The van der Waals surface area contributed by atoms with Crippen LogP contribution in [-0.4, -0.2) is 32.3 Å². The molecule has 0 unspecified atom stereocenters. The number of nitrogens with one attached hydrogen (secondary N) is 1. The summed E-state index contributed by atoms with van der Waals surface area (Å²) in [6, 6.07) is 2.22. The molecule has 2 aromatic rings. The van der Waals surface area contributed by atoms with E-state index < -0.39 is 6.61 Å². The van der Waals surface area contributed by atoms with Crippen molar-refractivity contribution in [2.75, 3.05) is 6.61 Å². The van der Waals surface area contributed by atoms with Crippen molar-refractivity contribution in [1.82, 2.24) is 14.8 Å². The number of nitrogens with zero attached hydrogens (tertiary/aromatic N) is 2. The minimum atomic E-state index is -0.485. The number of aliphatic hydroxyl groups is 1. The Balaban J connectivity index is 2.39. The van der Waals surface area contributed by atoms with E-state index in [0.717, 1.165) is 16.8 Å². The van der Waals surface area contributed by atoms with Crippen LogP contribution in [-0.2, 0) is 0 Å². The first-order valence-corrected chi connectivity index (χ1v) is 5.92. The molecular formula is C13H17N3O2. The summed E-state index contributed by atoms with van der Waals surface area (Å²) < 4.78 is 1.87. The number of aromatic amines is 1. The van der Waals surface area contributed by atoms with Crippen molar-refractivity contribution < 1.29 is 9.90 Å². The SMILES string of the molecule is Cc1c(-c2ccn(C(C)C)n2)c[nH]c1C(=O)CO. The van der Waals surface area contributed by atoms with Gasteiger partial charge in [0.25, 0.3) is 0 Å². The highest BCUT2D eigenvalue weighted by Gasteiger charge is 2.16. The van der Waals surface area contributed by atoms with E-state index in [9.17, 15) is 4.79 Å². The molecule has 0 spiro atoms. The first kappa shape index (κ1) is 12.6. The van der Waals surface area contributed by atoms with Crippen LogP contribution >= 0.6 is 0 Å². The van der Waals surface area contributed by atoms with Crippen LogP contribution < -0.4 is 0 Å². The lowest BCUT2D eigenvalue weighted by atomic mass is 10.1. The molecule has 0 aliphatic heterocycles. The van der Waals surface area contributed by atoms with Gasteiger partial charge >= 0.3 is 0 Å². The topological polar surface area (TPSA) is 70.9 Å². The van der Waals surface area contributed by atoms with Gasteiger partial charge in [-0.15, -0.1) is 0 Å². The maximum absolute atomic E-state index is 11.5. The molecule has 0 fully saturated rings. The molecule has 96 valence electrons. The zero-order valence-corrected chi connectivity index (χ0v) is 10.8. The molecule has 2 N–H and O–H groups in total. The van der Waals surface area contributed by atoms with Gasteiger partial charge < -0.3 is 10.1 Å². The Kier molecular flexibility index (Phi) is 3.34. The molecule has 0 aliphatic rings. The predicted octanol–water partition coefficient (Wildman–Crippen LogP) is 1.94. The number of aliphatic hydroxyl groups excluding tert-OH is 1. The third kappa shape index (κ3) is 2.09. The highest BCUT2D eigenvalue weighted by atomic mass is 16.3. The van der Waals surface area contributed by atoms with Crippen LogP contribution in [0.1, 0.15) is 35.9 Å². The Morgan fingerprint density at radius 3 is 2.83 bits per heavy atom. The monoisotopic (exact) mass is 247 g/mol. The zero-order chi connectivity index (χ0) is 13.3. The number of H-pyrrole nitrogens is 1. The Labute approximate surface area is 105 Å². The lowest BCUT2D eigenvalue weighted by molar-refractivity contribution is 0.0898. The smallest absolute Gasteiger partial charge is 0.204 e. The van der Waals surface area contributed by atoms with Gasteiger partial charge in [-0.25, -0.2) is 0 Å². The molecule has 0 atom stereocenters. The normalized spacial score (nSPS) is 11.2. The van der Waals surface area contributed by atoms with Gasteiger partial charge in [0.1, 0.15) is 6.61 Å². The van der Waals surface area contributed by atoms with Gasteiger partial charge in [0.2, 0.25) is 5.78 Å². The van der Waals surface area contributed by atoms with Crippen LogP contribution in [0.4, 0.5) is 0 Å². The molecule has 0 saturated carbocycles. The summed E-state index contributed by atoms with van der Waals surface area (Å²) in [6.45, 7) is 5.48. The van der Waals surface area contributed by atoms with E-state index in [0.29, 0.717) is 11.7 Å². The summed E-state index contributed by atoms with van der Waals surface area (Å²) in [7, 11) is 0. The van der Waals surface area contributed by atoms with E-state index in [1.807, 2.05) is 23.9 Å². The number of carbonyl (C=O) groups is 1. The van der Waals surface area contributed by atoms with E-state index >= 15 is 0 Å². The fraction of sp³-hybridized carbons (Fsp3) is 0.385. The van der Waals surface area contributed by atoms with Crippen LogP contribution in [0.15, 0.2) is 18.5 Å². The van der Waals surface area contributed by atoms with E-state index in [1.165, 1.54) is 0 Å². The maximum Gasteiger partial charge on any atom is 0.204 e. The second-order valence-electron chi connectivity index (χ2n) is 4.56. The third-order valence-electron chi connectivity index (χ3n) is 2.98. The lowest BCUT2D eigenvalue weighted by Gasteiger charge is -2.03. The van der Waals surface area contributed by atoms with Crippen molar-refractivity contribution in [2.45, 2.75) is 26.8 Å². The molecule has 0 radical (unpaired) electrons. The molecule has 2 rings (SSSR count). The molecule has 0 bridgehead atoms. The van der Waals surface area contributed by atoms with E-state index in [1.54, 1.807) is 6.20 Å². The Morgan fingerprint density at radius 1 is 1.56 bits per heavy atom. The second-order valence-corrected chi connectivity index (χ2v) is 4.56. The van der Waals surface area contributed by atoms with Crippen molar-refractivity contribution >= 4 is 5.78 Å². The maximum atomic E-state index is 11.5. The summed E-state index contributed by atoms with van der Waals surface area (Å²) in [6.07, 6.45) is 3.67.